The van der Waals surface area contributed by atoms with Gasteiger partial charge in [-0.1, -0.05) is 49.7 Å². The van der Waals surface area contributed by atoms with Crippen LogP contribution in [0.1, 0.15) is 50.5 Å². The number of hydrogen-bond donors (Lipinski definition) is 0. The van der Waals surface area contributed by atoms with Gasteiger partial charge in [-0.3, -0.25) is 9.88 Å². The molecular weight excluding hydrogens is 390 g/mol. The summed E-state index contributed by atoms with van der Waals surface area (Å²) in [6.45, 7) is 5.36. The molecule has 1 unspecified atom stereocenters. The molecule has 0 aliphatic carbocycles. The minimum atomic E-state index is 0.275. The third-order valence-electron chi connectivity index (χ3n) is 4.95. The average Bonchev–Trinajstić information content (AvgIpc) is 3.09. The van der Waals surface area contributed by atoms with Crippen LogP contribution < -0.4 is 0 Å². The standard InChI is InChI=1S/C21H28ClN5S/c1-5-7-13-27-20(18(6-2)26(3)4)24-25-21(27)28-14-15-10-11-17(22)16-9-8-12-23-19(15)16/h8-12,18H,5-7,13-14H2,1-4H3. The number of aromatic nitrogens is 4. The van der Waals surface area contributed by atoms with E-state index in [9.17, 15) is 0 Å². The normalized spacial score (nSPS) is 12.8. The second kappa shape index (κ2) is 9.72. The number of unbranched alkanes of at least 4 members (excludes halogenated alkanes) is 1. The molecule has 3 aromatic rings. The van der Waals surface area contributed by atoms with Crippen molar-refractivity contribution in [2.75, 3.05) is 14.1 Å². The van der Waals surface area contributed by atoms with Gasteiger partial charge in [-0.25, -0.2) is 0 Å². The van der Waals surface area contributed by atoms with Crippen molar-refractivity contribution in [2.24, 2.45) is 0 Å². The van der Waals surface area contributed by atoms with Crippen molar-refractivity contribution in [3.8, 4) is 0 Å². The average molecular weight is 418 g/mol. The number of pyridine rings is 1. The minimum Gasteiger partial charge on any atom is -0.305 e. The van der Waals surface area contributed by atoms with Gasteiger partial charge in [0.15, 0.2) is 11.0 Å². The smallest absolute Gasteiger partial charge is 0.191 e. The van der Waals surface area contributed by atoms with Crippen molar-refractivity contribution in [3.63, 3.8) is 0 Å². The zero-order valence-corrected chi connectivity index (χ0v) is 18.6. The number of nitrogens with zero attached hydrogens (tertiary/aromatic N) is 5. The van der Waals surface area contributed by atoms with Crippen LogP contribution in [0.25, 0.3) is 10.9 Å². The molecule has 1 aromatic carbocycles. The Kier molecular flexibility index (Phi) is 7.32. The predicted octanol–water partition coefficient (Wildman–Crippen LogP) is 5.58. The van der Waals surface area contributed by atoms with Crippen molar-refractivity contribution in [1.29, 1.82) is 0 Å². The summed E-state index contributed by atoms with van der Waals surface area (Å²) in [6.07, 6.45) is 5.09. The molecular formula is C21H28ClN5S. The van der Waals surface area contributed by atoms with Gasteiger partial charge in [0, 0.05) is 28.9 Å². The summed E-state index contributed by atoms with van der Waals surface area (Å²) in [4.78, 5) is 6.77. The van der Waals surface area contributed by atoms with Gasteiger partial charge in [0.1, 0.15) is 0 Å². The van der Waals surface area contributed by atoms with Crippen LogP contribution in [0, 0.1) is 0 Å². The van der Waals surface area contributed by atoms with Crippen LogP contribution in [0.3, 0.4) is 0 Å². The van der Waals surface area contributed by atoms with Gasteiger partial charge in [-0.15, -0.1) is 10.2 Å². The molecule has 0 saturated heterocycles. The predicted molar refractivity (Wildman–Crippen MR) is 118 cm³/mol. The first-order valence-corrected chi connectivity index (χ1v) is 11.2. The van der Waals surface area contributed by atoms with Crippen molar-refractivity contribution < 1.29 is 0 Å². The van der Waals surface area contributed by atoms with Crippen molar-refractivity contribution in [2.45, 2.75) is 56.6 Å². The number of fused-ring (bicyclic) bond motifs is 1. The first-order valence-electron chi connectivity index (χ1n) is 9.81. The van der Waals surface area contributed by atoms with E-state index in [1.54, 1.807) is 11.8 Å². The molecule has 0 saturated carbocycles. The second-order valence-electron chi connectivity index (χ2n) is 7.13. The Morgan fingerprint density at radius 2 is 2.00 bits per heavy atom. The Morgan fingerprint density at radius 3 is 2.71 bits per heavy atom. The summed E-state index contributed by atoms with van der Waals surface area (Å²) >= 11 is 8.05. The van der Waals surface area contributed by atoms with Gasteiger partial charge in [-0.2, -0.15) is 0 Å². The lowest BCUT2D eigenvalue weighted by Crippen LogP contribution is -2.23. The fourth-order valence-corrected chi connectivity index (χ4v) is 4.59. The zero-order chi connectivity index (χ0) is 20.1. The van der Waals surface area contributed by atoms with E-state index in [1.165, 1.54) is 0 Å². The lowest BCUT2D eigenvalue weighted by molar-refractivity contribution is 0.270. The molecule has 28 heavy (non-hydrogen) atoms. The molecule has 0 fully saturated rings. The van der Waals surface area contributed by atoms with Crippen LogP contribution >= 0.6 is 23.4 Å². The summed E-state index contributed by atoms with van der Waals surface area (Å²) < 4.78 is 2.30. The van der Waals surface area contributed by atoms with Crippen LogP contribution in [-0.2, 0) is 12.3 Å². The quantitative estimate of drug-likeness (QED) is 0.425. The van der Waals surface area contributed by atoms with E-state index in [-0.39, 0.29) is 6.04 Å². The largest absolute Gasteiger partial charge is 0.305 e. The zero-order valence-electron chi connectivity index (χ0n) is 17.0. The molecule has 150 valence electrons. The maximum absolute atomic E-state index is 6.33. The van der Waals surface area contributed by atoms with Crippen LogP contribution in [-0.4, -0.2) is 38.7 Å². The number of thioether (sulfide) groups is 1. The molecule has 0 amide bonds. The molecule has 7 heteroatoms. The fourth-order valence-electron chi connectivity index (χ4n) is 3.41. The van der Waals surface area contributed by atoms with Gasteiger partial charge in [-0.05, 0) is 50.7 Å². The molecule has 1 atom stereocenters. The van der Waals surface area contributed by atoms with Gasteiger partial charge in [0.05, 0.1) is 11.6 Å². The van der Waals surface area contributed by atoms with Gasteiger partial charge < -0.3 is 4.57 Å². The number of rotatable bonds is 9. The summed E-state index contributed by atoms with van der Waals surface area (Å²) in [5.74, 6) is 1.84. The highest BCUT2D eigenvalue weighted by Gasteiger charge is 2.22. The first kappa shape index (κ1) is 21.1. The van der Waals surface area contributed by atoms with Crippen LogP contribution in [0.4, 0.5) is 0 Å². The highest BCUT2D eigenvalue weighted by atomic mass is 35.5. The second-order valence-corrected chi connectivity index (χ2v) is 8.48. The Hall–Kier alpha value is -1.63. The third kappa shape index (κ3) is 4.50. The Morgan fingerprint density at radius 1 is 1.18 bits per heavy atom. The first-order chi connectivity index (χ1) is 13.6. The van der Waals surface area contributed by atoms with Crippen molar-refractivity contribution in [3.05, 3.63) is 46.9 Å². The van der Waals surface area contributed by atoms with E-state index < -0.39 is 0 Å². The molecule has 0 radical (unpaired) electrons. The topological polar surface area (TPSA) is 46.8 Å². The molecule has 3 rings (SSSR count). The molecule has 0 aliphatic rings. The Balaban J connectivity index is 1.88. The van der Waals surface area contributed by atoms with E-state index in [1.807, 2.05) is 24.4 Å². The molecule has 2 heterocycles. The maximum Gasteiger partial charge on any atom is 0.191 e. The lowest BCUT2D eigenvalue weighted by atomic mass is 10.1. The van der Waals surface area contributed by atoms with Crippen molar-refractivity contribution in [1.82, 2.24) is 24.6 Å². The van der Waals surface area contributed by atoms with E-state index in [0.29, 0.717) is 0 Å². The number of hydrogen-bond acceptors (Lipinski definition) is 5. The van der Waals surface area contributed by atoms with Gasteiger partial charge in [0.2, 0.25) is 0 Å². The van der Waals surface area contributed by atoms with E-state index >= 15 is 0 Å². The highest BCUT2D eigenvalue weighted by Crippen LogP contribution is 2.31. The number of benzene rings is 1. The van der Waals surface area contributed by atoms with Crippen LogP contribution in [0.15, 0.2) is 35.6 Å². The molecule has 0 bridgehead atoms. The van der Waals surface area contributed by atoms with Crippen LogP contribution in [0.2, 0.25) is 5.02 Å². The highest BCUT2D eigenvalue weighted by molar-refractivity contribution is 7.98. The van der Waals surface area contributed by atoms with E-state index in [4.69, 9.17) is 11.6 Å². The molecule has 5 nitrogen and oxygen atoms in total. The van der Waals surface area contributed by atoms with E-state index in [0.717, 1.165) is 64.0 Å². The molecule has 2 aromatic heterocycles. The molecule has 0 spiro atoms. The van der Waals surface area contributed by atoms with Crippen molar-refractivity contribution >= 4 is 34.3 Å². The maximum atomic E-state index is 6.33. The lowest BCUT2D eigenvalue weighted by Gasteiger charge is -2.23. The number of halogens is 1. The van der Waals surface area contributed by atoms with Gasteiger partial charge >= 0.3 is 0 Å². The molecule has 0 aliphatic heterocycles. The summed E-state index contributed by atoms with van der Waals surface area (Å²) in [5.41, 5.74) is 2.12. The SMILES string of the molecule is CCCCn1c(SCc2ccc(Cl)c3cccnc23)nnc1C(CC)N(C)C. The monoisotopic (exact) mass is 417 g/mol. The Labute approximate surface area is 176 Å². The Bertz CT molecular complexity index is 924. The summed E-state index contributed by atoms with van der Waals surface area (Å²) in [6, 6.07) is 8.23. The molecule has 0 N–H and O–H groups in total. The summed E-state index contributed by atoms with van der Waals surface area (Å²) in [7, 11) is 4.21. The van der Waals surface area contributed by atoms with E-state index in [2.05, 4.69) is 58.7 Å². The minimum absolute atomic E-state index is 0.275. The third-order valence-corrected chi connectivity index (χ3v) is 6.29. The summed E-state index contributed by atoms with van der Waals surface area (Å²) in [5, 5.41) is 11.8. The fraction of sp³-hybridized carbons (Fsp3) is 0.476. The van der Waals surface area contributed by atoms with Crippen LogP contribution in [0.5, 0.6) is 0 Å². The van der Waals surface area contributed by atoms with Gasteiger partial charge in [0.25, 0.3) is 0 Å².